The molecular weight excluding hydrogens is 310 g/mol. The molecule has 0 radical (unpaired) electrons. The van der Waals surface area contributed by atoms with Crippen LogP contribution in [0.2, 0.25) is 5.02 Å². The molecule has 0 amide bonds. The number of piperazine rings is 1. The summed E-state index contributed by atoms with van der Waals surface area (Å²) in [5.74, 6) is 1.01. The van der Waals surface area contributed by atoms with Gasteiger partial charge >= 0.3 is 0 Å². The van der Waals surface area contributed by atoms with E-state index in [4.69, 9.17) is 11.6 Å². The monoisotopic (exact) mass is 327 g/mol. The lowest BCUT2D eigenvalue weighted by molar-refractivity contribution is 0.312. The largest absolute Gasteiger partial charge is 0.352 e. The Kier molecular flexibility index (Phi) is 3.67. The zero-order valence-corrected chi connectivity index (χ0v) is 13.7. The Morgan fingerprint density at radius 2 is 1.78 bits per heavy atom. The molecule has 0 bridgehead atoms. The second-order valence-electron chi connectivity index (χ2n) is 5.91. The average molecular weight is 328 g/mol. The van der Waals surface area contributed by atoms with E-state index in [1.54, 1.807) is 0 Å². The Morgan fingerprint density at radius 3 is 2.52 bits per heavy atom. The normalized spacial score (nSPS) is 16.2. The minimum Gasteiger partial charge on any atom is -0.352 e. The van der Waals surface area contributed by atoms with Crippen molar-refractivity contribution in [1.29, 1.82) is 0 Å². The van der Waals surface area contributed by atoms with Crippen LogP contribution in [0.5, 0.6) is 0 Å². The third-order valence-electron chi connectivity index (χ3n) is 4.31. The molecule has 0 spiro atoms. The molecule has 1 fully saturated rings. The van der Waals surface area contributed by atoms with Gasteiger partial charge in [0, 0.05) is 49.2 Å². The van der Waals surface area contributed by atoms with E-state index in [1.807, 2.05) is 41.2 Å². The van der Waals surface area contributed by atoms with Crippen LogP contribution in [-0.4, -0.2) is 52.7 Å². The average Bonchev–Trinajstić information content (AvgIpc) is 3.00. The summed E-state index contributed by atoms with van der Waals surface area (Å²) in [5.41, 5.74) is 3.04. The molecule has 5 nitrogen and oxygen atoms in total. The van der Waals surface area contributed by atoms with E-state index in [1.165, 1.54) is 0 Å². The molecule has 1 aromatic carbocycles. The summed E-state index contributed by atoms with van der Waals surface area (Å²) in [6.45, 7) is 4.09. The van der Waals surface area contributed by atoms with Crippen LogP contribution in [0.15, 0.2) is 42.7 Å². The molecule has 3 aromatic rings. The molecule has 118 valence electrons. The first kappa shape index (κ1) is 14.5. The van der Waals surface area contributed by atoms with Gasteiger partial charge in [-0.15, -0.1) is 0 Å². The highest BCUT2D eigenvalue weighted by Gasteiger charge is 2.18. The molecule has 3 heterocycles. The molecule has 0 aliphatic carbocycles. The van der Waals surface area contributed by atoms with Gasteiger partial charge < -0.3 is 9.80 Å². The molecule has 0 saturated carbocycles. The van der Waals surface area contributed by atoms with Crippen LogP contribution < -0.4 is 4.90 Å². The lowest BCUT2D eigenvalue weighted by Gasteiger charge is -2.33. The van der Waals surface area contributed by atoms with Gasteiger partial charge in [0.15, 0.2) is 5.82 Å². The SMILES string of the molecule is CN1CCN(c2nccn3nc(-c4ccc(Cl)cc4)cc23)CC1. The van der Waals surface area contributed by atoms with E-state index in [0.717, 1.165) is 53.8 Å². The predicted molar refractivity (Wildman–Crippen MR) is 93.1 cm³/mol. The van der Waals surface area contributed by atoms with Gasteiger partial charge in [-0.1, -0.05) is 23.7 Å². The Balaban J connectivity index is 1.74. The number of hydrogen-bond donors (Lipinski definition) is 0. The van der Waals surface area contributed by atoms with Gasteiger partial charge in [-0.3, -0.25) is 0 Å². The van der Waals surface area contributed by atoms with Gasteiger partial charge in [0.2, 0.25) is 0 Å². The van der Waals surface area contributed by atoms with E-state index in [-0.39, 0.29) is 0 Å². The van der Waals surface area contributed by atoms with Crippen molar-refractivity contribution in [2.75, 3.05) is 38.1 Å². The molecular formula is C17H18ClN5. The van der Waals surface area contributed by atoms with Crippen LogP contribution >= 0.6 is 11.6 Å². The fraction of sp³-hybridized carbons (Fsp3) is 0.294. The van der Waals surface area contributed by atoms with E-state index in [2.05, 4.69) is 33.0 Å². The van der Waals surface area contributed by atoms with Gasteiger partial charge in [-0.05, 0) is 25.2 Å². The van der Waals surface area contributed by atoms with Gasteiger partial charge in [-0.25, -0.2) is 9.50 Å². The van der Waals surface area contributed by atoms with Crippen molar-refractivity contribution in [2.24, 2.45) is 0 Å². The fourth-order valence-electron chi connectivity index (χ4n) is 2.93. The number of fused-ring (bicyclic) bond motifs is 1. The van der Waals surface area contributed by atoms with Crippen molar-refractivity contribution in [3.05, 3.63) is 47.7 Å². The second-order valence-corrected chi connectivity index (χ2v) is 6.34. The second kappa shape index (κ2) is 5.83. The Morgan fingerprint density at radius 1 is 1.04 bits per heavy atom. The van der Waals surface area contributed by atoms with E-state index in [9.17, 15) is 0 Å². The number of halogens is 1. The fourth-order valence-corrected chi connectivity index (χ4v) is 3.06. The smallest absolute Gasteiger partial charge is 0.154 e. The zero-order valence-electron chi connectivity index (χ0n) is 13.0. The summed E-state index contributed by atoms with van der Waals surface area (Å²) in [6, 6.07) is 9.87. The maximum atomic E-state index is 5.97. The summed E-state index contributed by atoms with van der Waals surface area (Å²) in [7, 11) is 2.16. The first-order valence-corrected chi connectivity index (χ1v) is 8.12. The Hall–Kier alpha value is -2.11. The van der Waals surface area contributed by atoms with Crippen molar-refractivity contribution < 1.29 is 0 Å². The highest BCUT2D eigenvalue weighted by atomic mass is 35.5. The molecule has 4 rings (SSSR count). The summed E-state index contributed by atoms with van der Waals surface area (Å²) in [4.78, 5) is 9.28. The highest BCUT2D eigenvalue weighted by molar-refractivity contribution is 6.30. The number of anilines is 1. The van der Waals surface area contributed by atoms with Crippen molar-refractivity contribution in [3.8, 4) is 11.3 Å². The van der Waals surface area contributed by atoms with Crippen molar-refractivity contribution in [3.63, 3.8) is 0 Å². The Bertz CT molecular complexity index is 819. The number of nitrogens with zero attached hydrogens (tertiary/aromatic N) is 5. The highest BCUT2D eigenvalue weighted by Crippen LogP contribution is 2.26. The molecule has 0 N–H and O–H groups in total. The minimum atomic E-state index is 0.734. The Labute approximate surface area is 140 Å². The van der Waals surface area contributed by atoms with Gasteiger partial charge in [0.1, 0.15) is 5.52 Å². The van der Waals surface area contributed by atoms with E-state index in [0.29, 0.717) is 0 Å². The molecule has 1 saturated heterocycles. The maximum absolute atomic E-state index is 5.97. The number of aromatic nitrogens is 3. The third-order valence-corrected chi connectivity index (χ3v) is 4.56. The summed E-state index contributed by atoms with van der Waals surface area (Å²) < 4.78 is 1.91. The van der Waals surface area contributed by atoms with Crippen LogP contribution in [0.25, 0.3) is 16.8 Å². The molecule has 1 aliphatic rings. The van der Waals surface area contributed by atoms with Crippen LogP contribution in [0.1, 0.15) is 0 Å². The van der Waals surface area contributed by atoms with Crippen LogP contribution in [0, 0.1) is 0 Å². The van der Waals surface area contributed by atoms with Gasteiger partial charge in [0.05, 0.1) is 5.69 Å². The molecule has 23 heavy (non-hydrogen) atoms. The standard InChI is InChI=1S/C17H18ClN5/c1-21-8-10-22(11-9-21)17-16-12-15(20-23(16)7-6-19-17)13-2-4-14(18)5-3-13/h2-7,12H,8-11H2,1H3. The van der Waals surface area contributed by atoms with E-state index < -0.39 is 0 Å². The minimum absolute atomic E-state index is 0.734. The summed E-state index contributed by atoms with van der Waals surface area (Å²) in [5, 5.41) is 5.41. The maximum Gasteiger partial charge on any atom is 0.154 e. The van der Waals surface area contributed by atoms with Gasteiger partial charge in [0.25, 0.3) is 0 Å². The predicted octanol–water partition coefficient (Wildman–Crippen LogP) is 2.80. The molecule has 0 unspecified atom stereocenters. The number of benzene rings is 1. The van der Waals surface area contributed by atoms with Crippen molar-refractivity contribution >= 4 is 22.9 Å². The molecule has 0 atom stereocenters. The summed E-state index contributed by atoms with van der Waals surface area (Å²) in [6.07, 6.45) is 3.72. The lowest BCUT2D eigenvalue weighted by Crippen LogP contribution is -2.45. The van der Waals surface area contributed by atoms with Crippen LogP contribution in [0.3, 0.4) is 0 Å². The van der Waals surface area contributed by atoms with E-state index >= 15 is 0 Å². The molecule has 2 aromatic heterocycles. The third kappa shape index (κ3) is 2.78. The van der Waals surface area contributed by atoms with Crippen molar-refractivity contribution in [1.82, 2.24) is 19.5 Å². The zero-order chi connectivity index (χ0) is 15.8. The molecule has 1 aliphatic heterocycles. The first-order valence-electron chi connectivity index (χ1n) is 7.74. The van der Waals surface area contributed by atoms with Crippen LogP contribution in [-0.2, 0) is 0 Å². The van der Waals surface area contributed by atoms with Crippen molar-refractivity contribution in [2.45, 2.75) is 0 Å². The first-order chi connectivity index (χ1) is 11.2. The van der Waals surface area contributed by atoms with Gasteiger partial charge in [-0.2, -0.15) is 5.10 Å². The lowest BCUT2D eigenvalue weighted by atomic mass is 10.1. The summed E-state index contributed by atoms with van der Waals surface area (Å²) >= 11 is 5.97. The molecule has 6 heteroatoms. The number of likely N-dealkylation sites (N-methyl/N-ethyl adjacent to an activating group) is 1. The quantitative estimate of drug-likeness (QED) is 0.725. The number of rotatable bonds is 2. The van der Waals surface area contributed by atoms with Crippen LogP contribution in [0.4, 0.5) is 5.82 Å². The number of hydrogen-bond acceptors (Lipinski definition) is 4. The topological polar surface area (TPSA) is 36.7 Å².